The predicted molar refractivity (Wildman–Crippen MR) is 80.7 cm³/mol. The summed E-state index contributed by atoms with van der Waals surface area (Å²) in [4.78, 5) is 12.0. The van der Waals surface area contributed by atoms with E-state index in [1.165, 1.54) is 0 Å². The van der Waals surface area contributed by atoms with E-state index in [1.807, 2.05) is 37.3 Å². The minimum atomic E-state index is -0.977. The van der Waals surface area contributed by atoms with Gasteiger partial charge >= 0.3 is 0 Å². The summed E-state index contributed by atoms with van der Waals surface area (Å²) in [5, 5.41) is 13.1. The van der Waals surface area contributed by atoms with Gasteiger partial charge in [-0.05, 0) is 25.3 Å². The first-order chi connectivity index (χ1) is 10.0. The van der Waals surface area contributed by atoms with Gasteiger partial charge in [0.1, 0.15) is 5.60 Å². The molecule has 0 saturated carbocycles. The van der Waals surface area contributed by atoms with E-state index < -0.39 is 11.6 Å². The third-order valence-electron chi connectivity index (χ3n) is 4.15. The smallest absolute Gasteiger partial charge is 0.237 e. The highest BCUT2D eigenvalue weighted by Crippen LogP contribution is 2.24. The number of carbonyl (C=O) groups excluding carboxylic acids is 1. The summed E-state index contributed by atoms with van der Waals surface area (Å²) in [6, 6.07) is 9.37. The maximum atomic E-state index is 12.0. The molecular formula is C16H24N2O3. The monoisotopic (exact) mass is 292 g/mol. The minimum absolute atomic E-state index is 0.187. The minimum Gasteiger partial charge on any atom is -0.385 e. The highest BCUT2D eigenvalue weighted by Gasteiger charge is 2.39. The molecule has 21 heavy (non-hydrogen) atoms. The maximum Gasteiger partial charge on any atom is 0.237 e. The number of carbonyl (C=O) groups is 1. The van der Waals surface area contributed by atoms with Crippen LogP contribution in [-0.4, -0.2) is 41.9 Å². The van der Waals surface area contributed by atoms with Crippen molar-refractivity contribution in [3.05, 3.63) is 35.9 Å². The molecule has 4 N–H and O–H groups in total. The summed E-state index contributed by atoms with van der Waals surface area (Å²) in [5.41, 5.74) is 6.09. The number of nitrogens with one attached hydrogen (secondary N) is 1. The molecule has 1 aromatic rings. The molecule has 3 atom stereocenters. The van der Waals surface area contributed by atoms with Crippen LogP contribution in [0.2, 0.25) is 0 Å². The highest BCUT2D eigenvalue weighted by molar-refractivity contribution is 5.81. The van der Waals surface area contributed by atoms with Crippen LogP contribution in [0.25, 0.3) is 0 Å². The van der Waals surface area contributed by atoms with Crippen LogP contribution in [0.5, 0.6) is 0 Å². The van der Waals surface area contributed by atoms with E-state index in [1.54, 1.807) is 0 Å². The van der Waals surface area contributed by atoms with Gasteiger partial charge in [0.25, 0.3) is 0 Å². The summed E-state index contributed by atoms with van der Waals surface area (Å²) in [5.74, 6) is -0.224. The Bertz CT molecular complexity index is 466. The third kappa shape index (κ3) is 4.27. The lowest BCUT2D eigenvalue weighted by Crippen LogP contribution is -2.51. The molecule has 2 unspecified atom stereocenters. The molecule has 1 aliphatic heterocycles. The van der Waals surface area contributed by atoms with Gasteiger partial charge in [-0.25, -0.2) is 0 Å². The number of rotatable bonds is 6. The lowest BCUT2D eigenvalue weighted by atomic mass is 9.96. The first kappa shape index (κ1) is 15.9. The van der Waals surface area contributed by atoms with Gasteiger partial charge in [0, 0.05) is 19.6 Å². The fourth-order valence-electron chi connectivity index (χ4n) is 2.47. The molecular weight excluding hydrogens is 268 g/mol. The molecule has 116 valence electrons. The summed E-state index contributed by atoms with van der Waals surface area (Å²) >= 11 is 0. The lowest BCUT2D eigenvalue weighted by molar-refractivity contribution is -0.124. The van der Waals surface area contributed by atoms with E-state index in [2.05, 4.69) is 5.32 Å². The zero-order valence-electron chi connectivity index (χ0n) is 12.4. The van der Waals surface area contributed by atoms with Crippen molar-refractivity contribution >= 4 is 5.91 Å². The van der Waals surface area contributed by atoms with E-state index in [0.717, 1.165) is 12.0 Å². The van der Waals surface area contributed by atoms with E-state index >= 15 is 0 Å². The topological polar surface area (TPSA) is 84.6 Å². The van der Waals surface area contributed by atoms with Gasteiger partial charge in [-0.1, -0.05) is 30.3 Å². The molecule has 1 amide bonds. The second kappa shape index (κ2) is 7.02. The van der Waals surface area contributed by atoms with Crippen molar-refractivity contribution in [2.24, 2.45) is 5.73 Å². The fraction of sp³-hybridized carbons (Fsp3) is 0.562. The number of hydrogen-bond acceptors (Lipinski definition) is 4. The van der Waals surface area contributed by atoms with Crippen molar-refractivity contribution < 1.29 is 14.6 Å². The Kier molecular flexibility index (Phi) is 5.33. The van der Waals surface area contributed by atoms with Crippen molar-refractivity contribution in [3.63, 3.8) is 0 Å². The Morgan fingerprint density at radius 2 is 2.24 bits per heavy atom. The lowest BCUT2D eigenvalue weighted by Gasteiger charge is -2.26. The Morgan fingerprint density at radius 3 is 2.86 bits per heavy atom. The van der Waals surface area contributed by atoms with Crippen molar-refractivity contribution in [3.8, 4) is 0 Å². The molecule has 5 nitrogen and oxygen atoms in total. The van der Waals surface area contributed by atoms with E-state index in [0.29, 0.717) is 19.4 Å². The van der Waals surface area contributed by atoms with Gasteiger partial charge in [-0.2, -0.15) is 0 Å². The summed E-state index contributed by atoms with van der Waals surface area (Å²) in [6.07, 6.45) is 1.62. The van der Waals surface area contributed by atoms with Gasteiger partial charge in [-0.15, -0.1) is 0 Å². The Morgan fingerprint density at radius 1 is 1.52 bits per heavy atom. The SMILES string of the molecule is CC1OCCC1(O)CNC(=O)[C@@H](N)CCc1ccccc1. The Hall–Kier alpha value is -1.43. The molecule has 1 saturated heterocycles. The Balaban J connectivity index is 1.75. The van der Waals surface area contributed by atoms with Crippen LogP contribution >= 0.6 is 0 Å². The Labute approximate surface area is 125 Å². The molecule has 2 rings (SSSR count). The van der Waals surface area contributed by atoms with Gasteiger partial charge in [0.05, 0.1) is 12.1 Å². The molecule has 0 spiro atoms. The van der Waals surface area contributed by atoms with Crippen LogP contribution in [0.3, 0.4) is 0 Å². The van der Waals surface area contributed by atoms with E-state index in [9.17, 15) is 9.90 Å². The van der Waals surface area contributed by atoms with Crippen LogP contribution in [0, 0.1) is 0 Å². The van der Waals surface area contributed by atoms with Crippen LogP contribution in [-0.2, 0) is 16.0 Å². The molecule has 1 aromatic carbocycles. The predicted octanol–water partition coefficient (Wildman–Crippen LogP) is 0.603. The number of aliphatic hydroxyl groups is 1. The molecule has 0 bridgehead atoms. The summed E-state index contributed by atoms with van der Waals surface area (Å²) in [6.45, 7) is 2.52. The van der Waals surface area contributed by atoms with Crippen molar-refractivity contribution in [2.75, 3.05) is 13.2 Å². The average molecular weight is 292 g/mol. The van der Waals surface area contributed by atoms with Crippen molar-refractivity contribution in [1.82, 2.24) is 5.32 Å². The molecule has 0 radical (unpaired) electrons. The molecule has 1 aliphatic rings. The third-order valence-corrected chi connectivity index (χ3v) is 4.15. The fourth-order valence-corrected chi connectivity index (χ4v) is 2.47. The summed E-state index contributed by atoms with van der Waals surface area (Å²) < 4.78 is 5.33. The van der Waals surface area contributed by atoms with Crippen molar-refractivity contribution in [1.29, 1.82) is 0 Å². The zero-order valence-corrected chi connectivity index (χ0v) is 12.4. The van der Waals surface area contributed by atoms with Gasteiger partial charge in [0.15, 0.2) is 0 Å². The first-order valence-electron chi connectivity index (χ1n) is 7.42. The molecule has 1 heterocycles. The van der Waals surface area contributed by atoms with Crippen LogP contribution < -0.4 is 11.1 Å². The molecule has 0 aromatic heterocycles. The number of nitrogens with two attached hydrogens (primary N) is 1. The van der Waals surface area contributed by atoms with Gasteiger partial charge in [0.2, 0.25) is 5.91 Å². The number of amides is 1. The quantitative estimate of drug-likeness (QED) is 0.717. The normalized spacial score (nSPS) is 26.5. The second-order valence-electron chi connectivity index (χ2n) is 5.72. The standard InChI is InChI=1S/C16H24N2O3/c1-12-16(20,9-10-21-12)11-18-15(19)14(17)8-7-13-5-3-2-4-6-13/h2-6,12,14,20H,7-11,17H2,1H3,(H,18,19)/t12?,14-,16?/m0/s1. The van der Waals surface area contributed by atoms with Crippen LogP contribution in [0.1, 0.15) is 25.3 Å². The van der Waals surface area contributed by atoms with Crippen LogP contribution in [0.15, 0.2) is 30.3 Å². The van der Waals surface area contributed by atoms with Crippen molar-refractivity contribution in [2.45, 2.75) is 43.9 Å². The number of aryl methyl sites for hydroxylation is 1. The number of ether oxygens (including phenoxy) is 1. The maximum absolute atomic E-state index is 12.0. The second-order valence-corrected chi connectivity index (χ2v) is 5.72. The molecule has 1 fully saturated rings. The summed E-state index contributed by atoms with van der Waals surface area (Å²) in [7, 11) is 0. The number of benzene rings is 1. The van der Waals surface area contributed by atoms with Crippen LogP contribution in [0.4, 0.5) is 0 Å². The zero-order chi connectivity index (χ0) is 15.3. The van der Waals surface area contributed by atoms with Gasteiger partial charge in [-0.3, -0.25) is 4.79 Å². The number of hydrogen-bond donors (Lipinski definition) is 3. The molecule has 5 heteroatoms. The van der Waals surface area contributed by atoms with E-state index in [-0.39, 0.29) is 18.6 Å². The first-order valence-corrected chi connectivity index (χ1v) is 7.42. The van der Waals surface area contributed by atoms with Gasteiger partial charge < -0.3 is 20.9 Å². The van der Waals surface area contributed by atoms with E-state index in [4.69, 9.17) is 10.5 Å². The highest BCUT2D eigenvalue weighted by atomic mass is 16.5. The average Bonchev–Trinajstić information content (AvgIpc) is 2.83. The molecule has 0 aliphatic carbocycles. The largest absolute Gasteiger partial charge is 0.385 e.